The lowest BCUT2D eigenvalue weighted by Gasteiger charge is -2.38. The van der Waals surface area contributed by atoms with Gasteiger partial charge in [-0.3, -0.25) is 4.79 Å². The maximum atomic E-state index is 11.4. The molecule has 18 heavy (non-hydrogen) atoms. The van der Waals surface area contributed by atoms with Crippen molar-refractivity contribution in [2.45, 2.75) is 24.7 Å². The van der Waals surface area contributed by atoms with Gasteiger partial charge in [0.1, 0.15) is 12.4 Å². The smallest absolute Gasteiger partial charge is 0.314 e. The van der Waals surface area contributed by atoms with Crippen LogP contribution in [0.3, 0.4) is 0 Å². The van der Waals surface area contributed by atoms with Crippen LogP contribution in [0.1, 0.15) is 24.8 Å². The molecule has 0 aromatic heterocycles. The second-order valence-corrected chi connectivity index (χ2v) is 4.61. The molecule has 4 heteroatoms. The summed E-state index contributed by atoms with van der Waals surface area (Å²) in [7, 11) is 1.62. The van der Waals surface area contributed by atoms with Crippen molar-refractivity contribution in [3.63, 3.8) is 0 Å². The van der Waals surface area contributed by atoms with E-state index in [2.05, 4.69) is 0 Å². The summed E-state index contributed by atoms with van der Waals surface area (Å²) < 4.78 is 10.4. The lowest BCUT2D eigenvalue weighted by molar-refractivity contribution is -0.147. The van der Waals surface area contributed by atoms with Gasteiger partial charge in [0.25, 0.3) is 0 Å². The molecule has 1 fully saturated rings. The highest BCUT2D eigenvalue weighted by Gasteiger charge is 2.45. The molecule has 0 heterocycles. The van der Waals surface area contributed by atoms with Gasteiger partial charge in [-0.05, 0) is 30.5 Å². The highest BCUT2D eigenvalue weighted by atomic mass is 16.5. The molecule has 0 spiro atoms. The molecule has 0 aliphatic heterocycles. The molecule has 1 N–H and O–H groups in total. The number of hydrogen-bond donors (Lipinski definition) is 1. The van der Waals surface area contributed by atoms with E-state index in [4.69, 9.17) is 9.47 Å². The number of carbonyl (C=O) groups is 1. The standard InChI is InChI=1S/C14H18O4/c1-17-9-10-18-12-5-3-11(4-6-12)14(13(15)16)7-2-8-14/h3-6H,2,7-10H2,1H3,(H,15,16). The molecule has 1 aromatic carbocycles. The van der Waals surface area contributed by atoms with Gasteiger partial charge in [0.05, 0.1) is 12.0 Å². The fraction of sp³-hybridized carbons (Fsp3) is 0.500. The van der Waals surface area contributed by atoms with Crippen LogP contribution in [0.2, 0.25) is 0 Å². The Morgan fingerprint density at radius 3 is 2.39 bits per heavy atom. The summed E-state index contributed by atoms with van der Waals surface area (Å²) in [5.74, 6) is 0.0254. The second kappa shape index (κ2) is 5.40. The summed E-state index contributed by atoms with van der Waals surface area (Å²) in [5.41, 5.74) is 0.214. The Labute approximate surface area is 107 Å². The van der Waals surface area contributed by atoms with E-state index < -0.39 is 11.4 Å². The van der Waals surface area contributed by atoms with E-state index in [9.17, 15) is 9.90 Å². The maximum Gasteiger partial charge on any atom is 0.314 e. The second-order valence-electron chi connectivity index (χ2n) is 4.61. The fourth-order valence-electron chi connectivity index (χ4n) is 2.27. The number of benzene rings is 1. The number of ether oxygens (including phenoxy) is 2. The summed E-state index contributed by atoms with van der Waals surface area (Å²) in [6.07, 6.45) is 2.44. The number of methoxy groups -OCH3 is 1. The normalized spacial score (nSPS) is 16.9. The van der Waals surface area contributed by atoms with Gasteiger partial charge in [0.15, 0.2) is 0 Å². The third-order valence-electron chi connectivity index (χ3n) is 3.58. The number of hydrogen-bond acceptors (Lipinski definition) is 3. The first kappa shape index (κ1) is 12.9. The predicted molar refractivity (Wildman–Crippen MR) is 67.0 cm³/mol. The van der Waals surface area contributed by atoms with Crippen molar-refractivity contribution in [2.75, 3.05) is 20.3 Å². The first-order valence-corrected chi connectivity index (χ1v) is 6.15. The first-order chi connectivity index (χ1) is 8.69. The molecule has 4 nitrogen and oxygen atoms in total. The van der Waals surface area contributed by atoms with Crippen LogP contribution in [0.5, 0.6) is 5.75 Å². The van der Waals surface area contributed by atoms with Crippen LogP contribution < -0.4 is 4.74 Å². The van der Waals surface area contributed by atoms with E-state index >= 15 is 0 Å². The minimum absolute atomic E-state index is 0.500. The molecule has 1 aliphatic rings. The number of rotatable bonds is 6. The zero-order chi connectivity index (χ0) is 13.0. The van der Waals surface area contributed by atoms with Gasteiger partial charge in [-0.15, -0.1) is 0 Å². The van der Waals surface area contributed by atoms with Crippen molar-refractivity contribution in [1.82, 2.24) is 0 Å². The third-order valence-corrected chi connectivity index (χ3v) is 3.58. The molecule has 1 saturated carbocycles. The SMILES string of the molecule is COCCOc1ccc(C2(C(=O)O)CCC2)cc1. The van der Waals surface area contributed by atoms with Gasteiger partial charge < -0.3 is 14.6 Å². The van der Waals surface area contributed by atoms with E-state index in [0.29, 0.717) is 13.2 Å². The molecule has 0 unspecified atom stereocenters. The zero-order valence-electron chi connectivity index (χ0n) is 10.5. The van der Waals surface area contributed by atoms with Gasteiger partial charge in [-0.25, -0.2) is 0 Å². The molecule has 0 amide bonds. The van der Waals surface area contributed by atoms with E-state index in [1.165, 1.54) is 0 Å². The number of carboxylic acid groups (broad SMARTS) is 1. The van der Waals surface area contributed by atoms with E-state index in [0.717, 1.165) is 30.6 Å². The lowest BCUT2D eigenvalue weighted by Crippen LogP contribution is -2.42. The van der Waals surface area contributed by atoms with Crippen LogP contribution in [-0.4, -0.2) is 31.4 Å². The molecular weight excluding hydrogens is 232 g/mol. The van der Waals surface area contributed by atoms with Crippen molar-refractivity contribution in [1.29, 1.82) is 0 Å². The lowest BCUT2D eigenvalue weighted by atomic mass is 9.64. The quantitative estimate of drug-likeness (QED) is 0.786. The first-order valence-electron chi connectivity index (χ1n) is 6.15. The summed E-state index contributed by atoms with van der Waals surface area (Å²) >= 11 is 0. The number of aliphatic carboxylic acids is 1. The maximum absolute atomic E-state index is 11.4. The van der Waals surface area contributed by atoms with Crippen LogP contribution in [0.4, 0.5) is 0 Å². The van der Waals surface area contributed by atoms with Gasteiger partial charge in [0, 0.05) is 7.11 Å². The average molecular weight is 250 g/mol. The third kappa shape index (κ3) is 2.34. The van der Waals surface area contributed by atoms with Gasteiger partial charge in [-0.1, -0.05) is 18.6 Å². The molecule has 0 bridgehead atoms. The van der Waals surface area contributed by atoms with Crippen LogP contribution in [-0.2, 0) is 14.9 Å². The number of carboxylic acids is 1. The summed E-state index contributed by atoms with van der Waals surface area (Å²) in [6.45, 7) is 1.04. The molecule has 2 rings (SSSR count). The van der Waals surface area contributed by atoms with Crippen LogP contribution in [0.15, 0.2) is 24.3 Å². The summed E-state index contributed by atoms with van der Waals surface area (Å²) in [4.78, 5) is 11.4. The predicted octanol–water partition coefficient (Wildman–Crippen LogP) is 2.22. The average Bonchev–Trinajstić information content (AvgIpc) is 2.29. The summed E-state index contributed by atoms with van der Waals surface area (Å²) in [5, 5.41) is 9.33. The molecule has 0 atom stereocenters. The van der Waals surface area contributed by atoms with Gasteiger partial charge >= 0.3 is 5.97 Å². The van der Waals surface area contributed by atoms with Gasteiger partial charge in [0.2, 0.25) is 0 Å². The van der Waals surface area contributed by atoms with E-state index in [1.54, 1.807) is 7.11 Å². The van der Waals surface area contributed by atoms with Crippen LogP contribution >= 0.6 is 0 Å². The van der Waals surface area contributed by atoms with Crippen molar-refractivity contribution in [2.24, 2.45) is 0 Å². The van der Waals surface area contributed by atoms with Crippen molar-refractivity contribution in [3.8, 4) is 5.75 Å². The zero-order valence-corrected chi connectivity index (χ0v) is 10.5. The van der Waals surface area contributed by atoms with Crippen LogP contribution in [0.25, 0.3) is 0 Å². The van der Waals surface area contributed by atoms with Crippen molar-refractivity contribution >= 4 is 5.97 Å². The topological polar surface area (TPSA) is 55.8 Å². The largest absolute Gasteiger partial charge is 0.491 e. The Morgan fingerprint density at radius 2 is 1.94 bits per heavy atom. The molecule has 1 aliphatic carbocycles. The minimum Gasteiger partial charge on any atom is -0.491 e. The Bertz CT molecular complexity index is 406. The van der Waals surface area contributed by atoms with Crippen molar-refractivity contribution < 1.29 is 19.4 Å². The van der Waals surface area contributed by atoms with Crippen molar-refractivity contribution in [3.05, 3.63) is 29.8 Å². The highest BCUT2D eigenvalue weighted by molar-refractivity contribution is 5.82. The minimum atomic E-state index is -0.721. The summed E-state index contributed by atoms with van der Waals surface area (Å²) in [6, 6.07) is 7.37. The Balaban J connectivity index is 2.05. The molecule has 98 valence electrons. The fourth-order valence-corrected chi connectivity index (χ4v) is 2.27. The Hall–Kier alpha value is -1.55. The molecular formula is C14H18O4. The van der Waals surface area contributed by atoms with Gasteiger partial charge in [-0.2, -0.15) is 0 Å². The van der Waals surface area contributed by atoms with E-state index in [1.807, 2.05) is 24.3 Å². The Kier molecular flexibility index (Phi) is 3.87. The highest BCUT2D eigenvalue weighted by Crippen LogP contribution is 2.44. The molecule has 0 saturated heterocycles. The molecule has 0 radical (unpaired) electrons. The monoisotopic (exact) mass is 250 g/mol. The Morgan fingerprint density at radius 1 is 1.28 bits per heavy atom. The van der Waals surface area contributed by atoms with Crippen LogP contribution in [0, 0.1) is 0 Å². The molecule has 1 aromatic rings. The van der Waals surface area contributed by atoms with E-state index in [-0.39, 0.29) is 0 Å².